The van der Waals surface area contributed by atoms with E-state index in [9.17, 15) is 9.90 Å². The van der Waals surface area contributed by atoms with Crippen LogP contribution >= 0.6 is 11.8 Å². The average Bonchev–Trinajstić information content (AvgIpc) is 2.42. The summed E-state index contributed by atoms with van der Waals surface area (Å²) in [5.41, 5.74) is -0.518. The molecule has 0 unspecified atom stereocenters. The number of hydrogen-bond donors (Lipinski definition) is 1. The Morgan fingerprint density at radius 2 is 2.10 bits per heavy atom. The third-order valence-corrected chi connectivity index (χ3v) is 3.99. The van der Waals surface area contributed by atoms with E-state index in [0.29, 0.717) is 22.6 Å². The predicted molar refractivity (Wildman–Crippen MR) is 85.4 cm³/mol. The summed E-state index contributed by atoms with van der Waals surface area (Å²) in [5, 5.41) is 10.7. The molecule has 2 aromatic rings. The zero-order valence-corrected chi connectivity index (χ0v) is 13.2. The Balaban J connectivity index is 2.25. The normalized spacial score (nSPS) is 11.2. The number of phenolic OH excluding ortho intramolecular Hbond substituents is 1. The first-order chi connectivity index (χ1) is 10.0. The minimum absolute atomic E-state index is 0.120. The van der Waals surface area contributed by atoms with Crippen molar-refractivity contribution < 1.29 is 14.3 Å². The highest BCUT2D eigenvalue weighted by Gasteiger charge is 2.11. The van der Waals surface area contributed by atoms with Crippen LogP contribution in [0.25, 0.3) is 10.8 Å². The summed E-state index contributed by atoms with van der Waals surface area (Å²) in [5.74, 6) is 2.57. The Bertz CT molecular complexity index is 681. The number of rotatable bonds is 6. The largest absolute Gasteiger partial charge is 0.507 e. The fraction of sp³-hybridized carbons (Fsp3) is 0.400. The van der Waals surface area contributed by atoms with Crippen LogP contribution in [0.3, 0.4) is 0 Å². The Labute approximate surface area is 127 Å². The van der Waals surface area contributed by atoms with Gasteiger partial charge in [0, 0.05) is 18.4 Å². The van der Waals surface area contributed by atoms with Crippen LogP contribution in [0, 0.1) is 0 Å². The Kier molecular flexibility index (Phi) is 5.14. The van der Waals surface area contributed by atoms with Crippen molar-refractivity contribution in [2.75, 3.05) is 33.5 Å². The van der Waals surface area contributed by atoms with E-state index in [0.717, 1.165) is 12.3 Å². The van der Waals surface area contributed by atoms with Gasteiger partial charge in [-0.1, -0.05) is 0 Å². The lowest BCUT2D eigenvalue weighted by Gasteiger charge is -2.09. The van der Waals surface area contributed by atoms with E-state index < -0.39 is 5.63 Å². The third kappa shape index (κ3) is 3.92. The van der Waals surface area contributed by atoms with Gasteiger partial charge in [0.1, 0.15) is 22.6 Å². The summed E-state index contributed by atoms with van der Waals surface area (Å²) in [6.45, 7) is 0.969. The first kappa shape index (κ1) is 15.7. The lowest BCUT2D eigenvalue weighted by Crippen LogP contribution is -2.14. The van der Waals surface area contributed by atoms with Crippen LogP contribution in [0.15, 0.2) is 27.4 Å². The molecule has 0 fully saturated rings. The second-order valence-electron chi connectivity index (χ2n) is 4.97. The van der Waals surface area contributed by atoms with Gasteiger partial charge in [0.25, 0.3) is 0 Å². The quantitative estimate of drug-likeness (QED) is 0.826. The SMILES string of the molecule is COc1cc(O)c2c(=O)oc(CSCCN(C)C)cc2c1. The van der Waals surface area contributed by atoms with Gasteiger partial charge in [0.15, 0.2) is 0 Å². The number of hydrogen-bond acceptors (Lipinski definition) is 6. The summed E-state index contributed by atoms with van der Waals surface area (Å²) in [6, 6.07) is 4.91. The van der Waals surface area contributed by atoms with Gasteiger partial charge in [-0.05, 0) is 31.6 Å². The maximum atomic E-state index is 12.0. The molecular formula is C15H19NO4S. The molecular weight excluding hydrogens is 290 g/mol. The monoisotopic (exact) mass is 309 g/mol. The number of thioether (sulfide) groups is 1. The number of nitrogens with zero attached hydrogens (tertiary/aromatic N) is 1. The summed E-state index contributed by atoms with van der Waals surface area (Å²) in [4.78, 5) is 14.1. The van der Waals surface area contributed by atoms with Crippen molar-refractivity contribution in [3.8, 4) is 11.5 Å². The van der Waals surface area contributed by atoms with Crippen LogP contribution in [0.5, 0.6) is 11.5 Å². The van der Waals surface area contributed by atoms with E-state index in [4.69, 9.17) is 9.15 Å². The highest BCUT2D eigenvalue weighted by atomic mass is 32.2. The molecule has 1 N–H and O–H groups in total. The van der Waals surface area contributed by atoms with E-state index >= 15 is 0 Å². The van der Waals surface area contributed by atoms with Gasteiger partial charge in [-0.2, -0.15) is 11.8 Å². The smallest absolute Gasteiger partial charge is 0.347 e. The van der Waals surface area contributed by atoms with Gasteiger partial charge in [-0.25, -0.2) is 4.79 Å². The number of methoxy groups -OCH3 is 1. The fourth-order valence-electron chi connectivity index (χ4n) is 1.94. The van der Waals surface area contributed by atoms with Crippen molar-refractivity contribution in [2.24, 2.45) is 0 Å². The first-order valence-corrected chi connectivity index (χ1v) is 7.73. The zero-order chi connectivity index (χ0) is 15.4. The van der Waals surface area contributed by atoms with Crippen LogP contribution in [0.1, 0.15) is 5.76 Å². The van der Waals surface area contributed by atoms with Crippen LogP contribution in [-0.4, -0.2) is 43.5 Å². The van der Waals surface area contributed by atoms with E-state index in [2.05, 4.69) is 4.90 Å². The van der Waals surface area contributed by atoms with Crippen molar-refractivity contribution in [3.05, 3.63) is 34.4 Å². The number of ether oxygens (including phenoxy) is 1. The Morgan fingerprint density at radius 3 is 2.76 bits per heavy atom. The van der Waals surface area contributed by atoms with Gasteiger partial charge in [-0.15, -0.1) is 0 Å². The van der Waals surface area contributed by atoms with Crippen molar-refractivity contribution in [2.45, 2.75) is 5.75 Å². The van der Waals surface area contributed by atoms with Crippen molar-refractivity contribution >= 4 is 22.5 Å². The number of benzene rings is 1. The molecule has 0 saturated heterocycles. The lowest BCUT2D eigenvalue weighted by molar-refractivity contribution is 0.408. The summed E-state index contributed by atoms with van der Waals surface area (Å²) in [6.07, 6.45) is 0. The predicted octanol–water partition coefficient (Wildman–Crippen LogP) is 2.30. The molecule has 0 saturated carbocycles. The van der Waals surface area contributed by atoms with E-state index in [1.807, 2.05) is 14.1 Å². The molecule has 6 heteroatoms. The number of aromatic hydroxyl groups is 1. The van der Waals surface area contributed by atoms with Crippen LogP contribution in [0.4, 0.5) is 0 Å². The molecule has 1 aromatic carbocycles. The third-order valence-electron chi connectivity index (χ3n) is 3.03. The molecule has 0 aliphatic rings. The minimum atomic E-state index is -0.518. The maximum absolute atomic E-state index is 12.0. The van der Waals surface area contributed by atoms with Crippen LogP contribution in [0.2, 0.25) is 0 Å². The molecule has 0 aliphatic carbocycles. The van der Waals surface area contributed by atoms with Gasteiger partial charge in [0.2, 0.25) is 0 Å². The van der Waals surface area contributed by atoms with Crippen molar-refractivity contribution in [1.29, 1.82) is 0 Å². The average molecular weight is 309 g/mol. The van der Waals surface area contributed by atoms with Crippen LogP contribution in [-0.2, 0) is 5.75 Å². The first-order valence-electron chi connectivity index (χ1n) is 6.57. The minimum Gasteiger partial charge on any atom is -0.507 e. The van der Waals surface area contributed by atoms with Gasteiger partial charge in [0.05, 0.1) is 12.9 Å². The second-order valence-corrected chi connectivity index (χ2v) is 6.07. The van der Waals surface area contributed by atoms with Gasteiger partial charge >= 0.3 is 5.63 Å². The van der Waals surface area contributed by atoms with Gasteiger partial charge in [-0.3, -0.25) is 0 Å². The summed E-state index contributed by atoms with van der Waals surface area (Å²) >= 11 is 1.70. The molecule has 2 rings (SSSR count). The molecule has 0 aliphatic heterocycles. The molecule has 0 amide bonds. The lowest BCUT2D eigenvalue weighted by atomic mass is 10.1. The molecule has 0 radical (unpaired) electrons. The molecule has 5 nitrogen and oxygen atoms in total. The summed E-state index contributed by atoms with van der Waals surface area (Å²) in [7, 11) is 5.56. The molecule has 0 atom stereocenters. The molecule has 0 spiro atoms. The highest BCUT2D eigenvalue weighted by molar-refractivity contribution is 7.98. The number of fused-ring (bicyclic) bond motifs is 1. The molecule has 0 bridgehead atoms. The maximum Gasteiger partial charge on any atom is 0.347 e. The molecule has 1 heterocycles. The Hall–Kier alpha value is -1.66. The Morgan fingerprint density at radius 1 is 1.33 bits per heavy atom. The number of phenols is 1. The standard InChI is InChI=1S/C15H19NO4S/c1-16(2)4-5-21-9-12-7-10-6-11(19-3)8-13(17)14(10)15(18)20-12/h6-8,17H,4-5,9H2,1-3H3. The molecule has 21 heavy (non-hydrogen) atoms. The molecule has 1 aromatic heterocycles. The second kappa shape index (κ2) is 6.87. The fourth-order valence-corrected chi connectivity index (χ4v) is 2.92. The van der Waals surface area contributed by atoms with Gasteiger partial charge < -0.3 is 19.2 Å². The van der Waals surface area contributed by atoms with Crippen LogP contribution < -0.4 is 10.4 Å². The van der Waals surface area contributed by atoms with Crippen molar-refractivity contribution in [3.63, 3.8) is 0 Å². The van der Waals surface area contributed by atoms with E-state index in [1.165, 1.54) is 13.2 Å². The topological polar surface area (TPSA) is 62.9 Å². The van der Waals surface area contributed by atoms with E-state index in [-0.39, 0.29) is 11.1 Å². The molecule has 114 valence electrons. The highest BCUT2D eigenvalue weighted by Crippen LogP contribution is 2.29. The summed E-state index contributed by atoms with van der Waals surface area (Å²) < 4.78 is 10.4. The zero-order valence-electron chi connectivity index (χ0n) is 12.4. The van der Waals surface area contributed by atoms with E-state index in [1.54, 1.807) is 23.9 Å². The van der Waals surface area contributed by atoms with Crippen molar-refractivity contribution in [1.82, 2.24) is 4.90 Å².